The average Bonchev–Trinajstić information content (AvgIpc) is 2.87. The fraction of sp³-hybridized carbons (Fsp3) is 0.615. The Balaban J connectivity index is 0.000000686. The number of rotatable bonds is 4. The van der Waals surface area contributed by atoms with Gasteiger partial charge in [-0.25, -0.2) is 4.98 Å². The van der Waals surface area contributed by atoms with Crippen LogP contribution in [0.25, 0.3) is 0 Å². The number of nitrogens with zero attached hydrogens (tertiary/aromatic N) is 2. The molecule has 0 unspecified atom stereocenters. The predicted molar refractivity (Wildman–Crippen MR) is 71.2 cm³/mol. The molecule has 0 amide bonds. The van der Waals surface area contributed by atoms with Crippen molar-refractivity contribution in [3.8, 4) is 5.88 Å². The van der Waals surface area contributed by atoms with Gasteiger partial charge in [0, 0.05) is 12.6 Å². The molecule has 0 radical (unpaired) electrons. The minimum Gasteiger partial charge on any atom is -0.476 e. The number of likely N-dealkylation sites (tertiary alicyclic amines) is 1. The Morgan fingerprint density at radius 3 is 2.59 bits per heavy atom. The van der Waals surface area contributed by atoms with Gasteiger partial charge in [-0.2, -0.15) is 0 Å². The highest BCUT2D eigenvalue weighted by atomic mass is 16.5. The van der Waals surface area contributed by atoms with E-state index in [2.05, 4.69) is 9.88 Å². The van der Waals surface area contributed by atoms with E-state index in [0.717, 1.165) is 6.54 Å². The third-order valence-electron chi connectivity index (χ3n) is 2.62. The molecule has 1 aromatic rings. The van der Waals surface area contributed by atoms with Crippen molar-refractivity contribution >= 4 is 5.69 Å². The van der Waals surface area contributed by atoms with Crippen molar-refractivity contribution in [1.29, 1.82) is 0 Å². The van der Waals surface area contributed by atoms with Gasteiger partial charge in [0.1, 0.15) is 6.61 Å². The number of aromatic nitrogens is 1. The van der Waals surface area contributed by atoms with Crippen molar-refractivity contribution in [3.05, 3.63) is 18.3 Å². The number of ether oxygens (including phenoxy) is 1. The Labute approximate surface area is 104 Å². The number of nitrogens with two attached hydrogens (primary N) is 1. The van der Waals surface area contributed by atoms with Crippen LogP contribution in [0.2, 0.25) is 0 Å². The Morgan fingerprint density at radius 1 is 1.29 bits per heavy atom. The minimum atomic E-state index is 0.656. The van der Waals surface area contributed by atoms with Crippen LogP contribution < -0.4 is 10.5 Å². The number of nitrogen functional groups attached to an aromatic ring is 1. The van der Waals surface area contributed by atoms with Crippen LogP contribution >= 0.6 is 0 Å². The van der Waals surface area contributed by atoms with Crippen molar-refractivity contribution in [2.24, 2.45) is 0 Å². The molecule has 0 aliphatic carbocycles. The lowest BCUT2D eigenvalue weighted by molar-refractivity contribution is 0.232. The highest BCUT2D eigenvalue weighted by molar-refractivity contribution is 5.35. The van der Waals surface area contributed by atoms with E-state index in [1.807, 2.05) is 13.8 Å². The molecule has 0 bridgehead atoms. The lowest BCUT2D eigenvalue weighted by Crippen LogP contribution is -2.25. The smallest absolute Gasteiger partial charge is 0.213 e. The zero-order valence-corrected chi connectivity index (χ0v) is 10.9. The standard InChI is InChI=1S/C11H17N3O.C2H6/c12-10-3-4-11(13-9-10)15-8-7-14-5-1-2-6-14;1-2/h3-4,9H,1-2,5-8,12H2;1-2H3. The zero-order chi connectivity index (χ0) is 12.5. The fourth-order valence-electron chi connectivity index (χ4n) is 1.76. The second kappa shape index (κ2) is 7.90. The third-order valence-corrected chi connectivity index (χ3v) is 2.62. The summed E-state index contributed by atoms with van der Waals surface area (Å²) in [5, 5.41) is 0. The Morgan fingerprint density at radius 2 is 2.00 bits per heavy atom. The topological polar surface area (TPSA) is 51.4 Å². The largest absolute Gasteiger partial charge is 0.476 e. The number of anilines is 1. The predicted octanol–water partition coefficient (Wildman–Crippen LogP) is 2.16. The van der Waals surface area contributed by atoms with Crippen molar-refractivity contribution in [2.45, 2.75) is 26.7 Å². The second-order valence-corrected chi connectivity index (χ2v) is 3.83. The maximum Gasteiger partial charge on any atom is 0.213 e. The molecule has 0 atom stereocenters. The molecule has 4 heteroatoms. The summed E-state index contributed by atoms with van der Waals surface area (Å²) in [6.07, 6.45) is 4.26. The Hall–Kier alpha value is -1.29. The van der Waals surface area contributed by atoms with Crippen LogP contribution in [0.4, 0.5) is 5.69 Å². The molecule has 2 N–H and O–H groups in total. The van der Waals surface area contributed by atoms with Gasteiger partial charge in [-0.15, -0.1) is 0 Å². The van der Waals surface area contributed by atoms with Crippen molar-refractivity contribution < 1.29 is 4.74 Å². The van der Waals surface area contributed by atoms with Crippen LogP contribution in [0.1, 0.15) is 26.7 Å². The molecule has 1 saturated heterocycles. The van der Waals surface area contributed by atoms with Gasteiger partial charge in [0.25, 0.3) is 0 Å². The molecule has 96 valence electrons. The third kappa shape index (κ3) is 5.04. The molecule has 0 saturated carbocycles. The van der Waals surface area contributed by atoms with Crippen LogP contribution in [0.3, 0.4) is 0 Å². The maximum atomic E-state index is 5.53. The Bertz CT molecular complexity index is 294. The van der Waals surface area contributed by atoms with Crippen LogP contribution in [-0.2, 0) is 0 Å². The summed E-state index contributed by atoms with van der Waals surface area (Å²) in [5.74, 6) is 0.656. The van der Waals surface area contributed by atoms with Gasteiger partial charge in [0.2, 0.25) is 5.88 Å². The van der Waals surface area contributed by atoms with E-state index in [1.54, 1.807) is 18.3 Å². The lowest BCUT2D eigenvalue weighted by atomic mass is 10.4. The van der Waals surface area contributed by atoms with Crippen molar-refractivity contribution in [1.82, 2.24) is 9.88 Å². The van der Waals surface area contributed by atoms with Crippen LogP contribution in [-0.4, -0.2) is 36.1 Å². The lowest BCUT2D eigenvalue weighted by Gasteiger charge is -2.14. The molecule has 1 fully saturated rings. The van der Waals surface area contributed by atoms with Crippen LogP contribution in [0, 0.1) is 0 Å². The van der Waals surface area contributed by atoms with E-state index in [1.165, 1.54) is 25.9 Å². The van der Waals surface area contributed by atoms with Gasteiger partial charge in [0.05, 0.1) is 11.9 Å². The van der Waals surface area contributed by atoms with Gasteiger partial charge >= 0.3 is 0 Å². The molecule has 1 aliphatic heterocycles. The number of hydrogen-bond acceptors (Lipinski definition) is 4. The highest BCUT2D eigenvalue weighted by Gasteiger charge is 2.10. The monoisotopic (exact) mass is 237 g/mol. The maximum absolute atomic E-state index is 5.53. The highest BCUT2D eigenvalue weighted by Crippen LogP contribution is 2.09. The van der Waals surface area contributed by atoms with E-state index in [4.69, 9.17) is 10.5 Å². The van der Waals surface area contributed by atoms with E-state index < -0.39 is 0 Å². The van der Waals surface area contributed by atoms with E-state index >= 15 is 0 Å². The number of hydrogen-bond donors (Lipinski definition) is 1. The first-order valence-electron chi connectivity index (χ1n) is 6.41. The normalized spacial score (nSPS) is 15.2. The van der Waals surface area contributed by atoms with Crippen molar-refractivity contribution in [2.75, 3.05) is 32.0 Å². The molecule has 1 aromatic heterocycles. The first kappa shape index (κ1) is 13.8. The molecule has 17 heavy (non-hydrogen) atoms. The fourth-order valence-corrected chi connectivity index (χ4v) is 1.76. The van der Waals surface area contributed by atoms with Crippen LogP contribution in [0.5, 0.6) is 5.88 Å². The first-order chi connectivity index (χ1) is 8.34. The Kier molecular flexibility index (Phi) is 6.40. The van der Waals surface area contributed by atoms with E-state index in [0.29, 0.717) is 18.2 Å². The van der Waals surface area contributed by atoms with E-state index in [9.17, 15) is 0 Å². The molecular formula is C13H23N3O. The average molecular weight is 237 g/mol. The summed E-state index contributed by atoms with van der Waals surface area (Å²) < 4.78 is 5.51. The van der Waals surface area contributed by atoms with Gasteiger partial charge in [-0.1, -0.05) is 13.8 Å². The molecule has 0 aromatic carbocycles. The number of pyridine rings is 1. The summed E-state index contributed by atoms with van der Waals surface area (Å²) in [7, 11) is 0. The molecule has 4 nitrogen and oxygen atoms in total. The summed E-state index contributed by atoms with van der Waals surface area (Å²) in [6.45, 7) is 8.11. The second-order valence-electron chi connectivity index (χ2n) is 3.83. The van der Waals surface area contributed by atoms with E-state index in [-0.39, 0.29) is 0 Å². The molecular weight excluding hydrogens is 214 g/mol. The van der Waals surface area contributed by atoms with Gasteiger partial charge in [-0.3, -0.25) is 4.90 Å². The first-order valence-corrected chi connectivity index (χ1v) is 6.41. The van der Waals surface area contributed by atoms with Gasteiger partial charge < -0.3 is 10.5 Å². The summed E-state index contributed by atoms with van der Waals surface area (Å²) in [4.78, 5) is 6.49. The minimum absolute atomic E-state index is 0.656. The quantitative estimate of drug-likeness (QED) is 0.872. The molecule has 0 spiro atoms. The SMILES string of the molecule is CC.Nc1ccc(OCCN2CCCC2)nc1. The summed E-state index contributed by atoms with van der Waals surface area (Å²) in [6, 6.07) is 3.61. The summed E-state index contributed by atoms with van der Waals surface area (Å²) in [5.41, 5.74) is 6.20. The molecule has 2 heterocycles. The summed E-state index contributed by atoms with van der Waals surface area (Å²) >= 11 is 0. The zero-order valence-electron chi connectivity index (χ0n) is 10.9. The molecule has 2 rings (SSSR count). The van der Waals surface area contributed by atoms with Crippen LogP contribution in [0.15, 0.2) is 18.3 Å². The van der Waals surface area contributed by atoms with Gasteiger partial charge in [0.15, 0.2) is 0 Å². The van der Waals surface area contributed by atoms with Crippen molar-refractivity contribution in [3.63, 3.8) is 0 Å². The van der Waals surface area contributed by atoms with Gasteiger partial charge in [-0.05, 0) is 32.0 Å². The molecule has 1 aliphatic rings.